The quantitative estimate of drug-likeness (QED) is 0.872. The standard InChI is InChI=1S/C15H23N3O/c1-10(16-2)11-3-6-15(17-9-11)18-12-4-5-13(18)8-14(19)7-12/h3,6,9-10,12-14,16,19H,4-5,7-8H2,1-2H3. The van der Waals surface area contributed by atoms with E-state index in [9.17, 15) is 5.11 Å². The third-order valence-electron chi connectivity index (χ3n) is 4.68. The molecule has 3 atom stereocenters. The highest BCUT2D eigenvalue weighted by molar-refractivity contribution is 5.44. The molecule has 4 heteroatoms. The number of nitrogens with one attached hydrogen (secondary N) is 1. The number of fused-ring (bicyclic) bond motifs is 2. The molecule has 3 unspecified atom stereocenters. The molecule has 0 spiro atoms. The van der Waals surface area contributed by atoms with Gasteiger partial charge in [0.2, 0.25) is 0 Å². The molecule has 2 N–H and O–H groups in total. The molecule has 104 valence electrons. The number of pyridine rings is 1. The van der Waals surface area contributed by atoms with Crippen LogP contribution in [-0.2, 0) is 0 Å². The maximum atomic E-state index is 9.85. The van der Waals surface area contributed by atoms with Crippen molar-refractivity contribution in [3.05, 3.63) is 23.9 Å². The normalized spacial score (nSPS) is 31.5. The molecule has 1 aromatic heterocycles. The van der Waals surface area contributed by atoms with Crippen LogP contribution in [0.2, 0.25) is 0 Å². The van der Waals surface area contributed by atoms with E-state index in [1.807, 2.05) is 13.2 Å². The van der Waals surface area contributed by atoms with Crippen LogP contribution < -0.4 is 10.2 Å². The van der Waals surface area contributed by atoms with Crippen LogP contribution in [0.1, 0.15) is 44.2 Å². The third-order valence-corrected chi connectivity index (χ3v) is 4.68. The molecule has 1 aromatic rings. The van der Waals surface area contributed by atoms with Crippen LogP contribution in [0.25, 0.3) is 0 Å². The second-order valence-electron chi connectivity index (χ2n) is 5.88. The van der Waals surface area contributed by atoms with Gasteiger partial charge < -0.3 is 15.3 Å². The highest BCUT2D eigenvalue weighted by Gasteiger charge is 2.40. The summed E-state index contributed by atoms with van der Waals surface area (Å²) in [4.78, 5) is 7.07. The zero-order valence-corrected chi connectivity index (χ0v) is 11.7. The monoisotopic (exact) mass is 261 g/mol. The summed E-state index contributed by atoms with van der Waals surface area (Å²) in [6.45, 7) is 2.14. The van der Waals surface area contributed by atoms with Gasteiger partial charge in [-0.1, -0.05) is 6.07 Å². The van der Waals surface area contributed by atoms with Crippen LogP contribution in [-0.4, -0.2) is 35.3 Å². The van der Waals surface area contributed by atoms with Crippen molar-refractivity contribution in [2.75, 3.05) is 11.9 Å². The molecule has 0 saturated carbocycles. The highest BCUT2D eigenvalue weighted by Crippen LogP contribution is 2.38. The Morgan fingerprint density at radius 1 is 1.32 bits per heavy atom. The summed E-state index contributed by atoms with van der Waals surface area (Å²) in [5.41, 5.74) is 1.22. The van der Waals surface area contributed by atoms with Gasteiger partial charge in [-0.25, -0.2) is 4.98 Å². The molecule has 2 aliphatic heterocycles. The fraction of sp³-hybridized carbons (Fsp3) is 0.667. The molecule has 0 amide bonds. The summed E-state index contributed by atoms with van der Waals surface area (Å²) < 4.78 is 0. The van der Waals surface area contributed by atoms with E-state index in [4.69, 9.17) is 0 Å². The summed E-state index contributed by atoms with van der Waals surface area (Å²) in [5, 5.41) is 13.1. The van der Waals surface area contributed by atoms with Gasteiger partial charge in [0.15, 0.2) is 0 Å². The first kappa shape index (κ1) is 12.9. The van der Waals surface area contributed by atoms with Crippen molar-refractivity contribution in [1.82, 2.24) is 10.3 Å². The van der Waals surface area contributed by atoms with Crippen LogP contribution in [0.5, 0.6) is 0 Å². The van der Waals surface area contributed by atoms with Gasteiger partial charge in [0.25, 0.3) is 0 Å². The number of aromatic nitrogens is 1. The minimum Gasteiger partial charge on any atom is -0.393 e. The predicted molar refractivity (Wildman–Crippen MR) is 76.2 cm³/mol. The molecule has 0 aliphatic carbocycles. The Balaban J connectivity index is 1.80. The van der Waals surface area contributed by atoms with Crippen LogP contribution in [0.3, 0.4) is 0 Å². The zero-order valence-electron chi connectivity index (χ0n) is 11.7. The van der Waals surface area contributed by atoms with E-state index in [0.29, 0.717) is 18.1 Å². The van der Waals surface area contributed by atoms with Crippen molar-refractivity contribution in [3.8, 4) is 0 Å². The molecular weight excluding hydrogens is 238 g/mol. The highest BCUT2D eigenvalue weighted by atomic mass is 16.3. The average Bonchev–Trinajstić information content (AvgIpc) is 2.70. The van der Waals surface area contributed by atoms with Crippen molar-refractivity contribution < 1.29 is 5.11 Å². The molecule has 0 radical (unpaired) electrons. The number of hydrogen-bond donors (Lipinski definition) is 2. The SMILES string of the molecule is CNC(C)c1ccc(N2C3CCC2CC(O)C3)nc1. The second kappa shape index (κ2) is 5.10. The molecule has 2 fully saturated rings. The summed E-state index contributed by atoms with van der Waals surface area (Å²) in [6, 6.07) is 5.59. The zero-order chi connectivity index (χ0) is 13.4. The number of hydrogen-bond acceptors (Lipinski definition) is 4. The van der Waals surface area contributed by atoms with Crippen molar-refractivity contribution in [3.63, 3.8) is 0 Å². The lowest BCUT2D eigenvalue weighted by Gasteiger charge is -2.38. The van der Waals surface area contributed by atoms with Crippen molar-refractivity contribution in [2.24, 2.45) is 0 Å². The minimum atomic E-state index is -0.114. The average molecular weight is 261 g/mol. The van der Waals surface area contributed by atoms with E-state index in [1.165, 1.54) is 18.4 Å². The summed E-state index contributed by atoms with van der Waals surface area (Å²) in [7, 11) is 1.96. The molecule has 19 heavy (non-hydrogen) atoms. The first-order valence-corrected chi connectivity index (χ1v) is 7.28. The number of aliphatic hydroxyl groups is 1. The Kier molecular flexibility index (Phi) is 3.46. The summed E-state index contributed by atoms with van der Waals surface area (Å²) >= 11 is 0. The molecule has 2 aliphatic rings. The van der Waals surface area contributed by atoms with Crippen LogP contribution in [0.15, 0.2) is 18.3 Å². The minimum absolute atomic E-state index is 0.114. The van der Waals surface area contributed by atoms with Gasteiger partial charge in [0.05, 0.1) is 6.10 Å². The number of anilines is 1. The predicted octanol–water partition coefficient (Wildman–Crippen LogP) is 1.85. The van der Waals surface area contributed by atoms with Crippen molar-refractivity contribution in [2.45, 2.75) is 56.8 Å². The molecule has 2 bridgehead atoms. The van der Waals surface area contributed by atoms with E-state index in [1.54, 1.807) is 0 Å². The van der Waals surface area contributed by atoms with E-state index in [0.717, 1.165) is 18.7 Å². The summed E-state index contributed by atoms with van der Waals surface area (Å²) in [5.74, 6) is 1.08. The maximum Gasteiger partial charge on any atom is 0.128 e. The third kappa shape index (κ3) is 2.35. The fourth-order valence-corrected chi connectivity index (χ4v) is 3.50. The van der Waals surface area contributed by atoms with Gasteiger partial charge in [0, 0.05) is 24.3 Å². The van der Waals surface area contributed by atoms with Gasteiger partial charge in [0.1, 0.15) is 5.82 Å². The fourth-order valence-electron chi connectivity index (χ4n) is 3.50. The first-order valence-electron chi connectivity index (χ1n) is 7.28. The topological polar surface area (TPSA) is 48.4 Å². The van der Waals surface area contributed by atoms with Crippen LogP contribution in [0.4, 0.5) is 5.82 Å². The molecule has 2 saturated heterocycles. The number of piperidine rings is 1. The van der Waals surface area contributed by atoms with Crippen LogP contribution >= 0.6 is 0 Å². The van der Waals surface area contributed by atoms with Crippen molar-refractivity contribution in [1.29, 1.82) is 0 Å². The Bertz CT molecular complexity index is 420. The van der Waals surface area contributed by atoms with Gasteiger partial charge >= 0.3 is 0 Å². The second-order valence-corrected chi connectivity index (χ2v) is 5.88. The van der Waals surface area contributed by atoms with Gasteiger partial charge in [-0.2, -0.15) is 0 Å². The maximum absolute atomic E-state index is 9.85. The number of rotatable bonds is 3. The lowest BCUT2D eigenvalue weighted by molar-refractivity contribution is 0.126. The van der Waals surface area contributed by atoms with E-state index < -0.39 is 0 Å². The Labute approximate surface area is 114 Å². The Hall–Kier alpha value is -1.13. The molecule has 3 rings (SSSR count). The lowest BCUT2D eigenvalue weighted by atomic mass is 10.00. The van der Waals surface area contributed by atoms with Crippen molar-refractivity contribution >= 4 is 5.82 Å². The van der Waals surface area contributed by atoms with Gasteiger partial charge in [-0.3, -0.25) is 0 Å². The smallest absolute Gasteiger partial charge is 0.128 e. The number of nitrogens with zero attached hydrogens (tertiary/aromatic N) is 2. The van der Waals surface area contributed by atoms with Crippen LogP contribution in [0, 0.1) is 0 Å². The van der Waals surface area contributed by atoms with E-state index in [-0.39, 0.29) is 6.10 Å². The Morgan fingerprint density at radius 3 is 2.53 bits per heavy atom. The molecule has 3 heterocycles. The molecule has 4 nitrogen and oxygen atoms in total. The summed E-state index contributed by atoms with van der Waals surface area (Å²) in [6.07, 6.45) is 6.04. The largest absolute Gasteiger partial charge is 0.393 e. The first-order chi connectivity index (χ1) is 9.19. The van der Waals surface area contributed by atoms with Gasteiger partial charge in [-0.05, 0) is 51.3 Å². The molecular formula is C15H23N3O. The number of aliphatic hydroxyl groups excluding tert-OH is 1. The molecule has 0 aromatic carbocycles. The van der Waals surface area contributed by atoms with Gasteiger partial charge in [-0.15, -0.1) is 0 Å². The van der Waals surface area contributed by atoms with E-state index in [2.05, 4.69) is 34.3 Å². The van der Waals surface area contributed by atoms with E-state index >= 15 is 0 Å². The Morgan fingerprint density at radius 2 is 2.00 bits per heavy atom. The lowest BCUT2D eigenvalue weighted by Crippen LogP contribution is -2.45.